The second-order valence-electron chi connectivity index (χ2n) is 5.53. The lowest BCUT2D eigenvalue weighted by molar-refractivity contribution is 0.0787. The molecule has 0 spiro atoms. The third-order valence-electron chi connectivity index (χ3n) is 3.88. The third-order valence-corrected chi connectivity index (χ3v) is 3.88. The number of piperidine rings is 1. The van der Waals surface area contributed by atoms with E-state index in [1.54, 1.807) is 4.90 Å². The highest BCUT2D eigenvalue weighted by Gasteiger charge is 2.15. The summed E-state index contributed by atoms with van der Waals surface area (Å²) in [4.78, 5) is 20.6. The number of amides is 1. The molecule has 0 saturated carbocycles. The number of unbranched alkanes of at least 4 members (excludes halogenated alkanes) is 1. The summed E-state index contributed by atoms with van der Waals surface area (Å²) in [6.45, 7) is 5.13. The smallest absolute Gasteiger partial charge is 0.272 e. The summed E-state index contributed by atoms with van der Waals surface area (Å²) in [6.07, 6.45) is 7.79. The van der Waals surface area contributed by atoms with Crippen LogP contribution in [0.1, 0.15) is 49.5 Å². The van der Waals surface area contributed by atoms with Crippen LogP contribution in [-0.4, -0.2) is 42.5 Å². The van der Waals surface area contributed by atoms with E-state index in [4.69, 9.17) is 0 Å². The molecule has 0 unspecified atom stereocenters. The van der Waals surface area contributed by atoms with E-state index in [9.17, 15) is 4.79 Å². The van der Waals surface area contributed by atoms with Crippen molar-refractivity contribution in [3.8, 4) is 0 Å². The Balaban J connectivity index is 1.98. The normalized spacial score (nSPS) is 15.2. The Morgan fingerprint density at radius 1 is 1.30 bits per heavy atom. The number of rotatable bonds is 5. The molecule has 20 heavy (non-hydrogen) atoms. The Morgan fingerprint density at radius 2 is 2.05 bits per heavy atom. The molecule has 0 aliphatic carbocycles. The van der Waals surface area contributed by atoms with Crippen molar-refractivity contribution >= 4 is 11.6 Å². The molecule has 1 aromatic rings. The monoisotopic (exact) mass is 275 g/mol. The molecule has 110 valence electrons. The second-order valence-corrected chi connectivity index (χ2v) is 5.53. The molecule has 4 nitrogen and oxygen atoms in total. The molecule has 1 saturated heterocycles. The van der Waals surface area contributed by atoms with Crippen LogP contribution >= 0.6 is 0 Å². The van der Waals surface area contributed by atoms with Crippen molar-refractivity contribution in [1.29, 1.82) is 0 Å². The van der Waals surface area contributed by atoms with Gasteiger partial charge in [-0.1, -0.05) is 13.3 Å². The first-order chi connectivity index (χ1) is 9.72. The van der Waals surface area contributed by atoms with Gasteiger partial charge < -0.3 is 9.80 Å². The minimum Gasteiger partial charge on any atom is -0.370 e. The fraction of sp³-hybridized carbons (Fsp3) is 0.625. The number of hydrogen-bond acceptors (Lipinski definition) is 3. The quantitative estimate of drug-likeness (QED) is 0.829. The standard InChI is InChI=1S/C16H25N3O/c1-3-4-10-18(2)16(20)15-9-8-14(13-17-15)19-11-6-5-7-12-19/h8-9,13H,3-7,10-12H2,1-2H3. The summed E-state index contributed by atoms with van der Waals surface area (Å²) in [5.41, 5.74) is 1.68. The number of hydrogen-bond donors (Lipinski definition) is 0. The van der Waals surface area contributed by atoms with Crippen LogP contribution in [0.3, 0.4) is 0 Å². The molecule has 1 aromatic heterocycles. The third kappa shape index (κ3) is 3.71. The highest BCUT2D eigenvalue weighted by Crippen LogP contribution is 2.19. The summed E-state index contributed by atoms with van der Waals surface area (Å²) in [5.74, 6) is 0.0173. The van der Waals surface area contributed by atoms with Crippen LogP contribution in [0.15, 0.2) is 18.3 Å². The number of carbonyl (C=O) groups excluding carboxylic acids is 1. The number of aromatic nitrogens is 1. The summed E-state index contributed by atoms with van der Waals surface area (Å²) in [5, 5.41) is 0. The Morgan fingerprint density at radius 3 is 2.65 bits per heavy atom. The Bertz CT molecular complexity index is 424. The minimum atomic E-state index is 0.0173. The van der Waals surface area contributed by atoms with Gasteiger partial charge in [-0.15, -0.1) is 0 Å². The van der Waals surface area contributed by atoms with Crippen molar-refractivity contribution in [2.45, 2.75) is 39.0 Å². The molecule has 2 heterocycles. The maximum Gasteiger partial charge on any atom is 0.272 e. The molecular weight excluding hydrogens is 250 g/mol. The molecular formula is C16H25N3O. The molecule has 4 heteroatoms. The van der Waals surface area contributed by atoms with Gasteiger partial charge in [-0.2, -0.15) is 0 Å². The lowest BCUT2D eigenvalue weighted by Crippen LogP contribution is -2.30. The largest absolute Gasteiger partial charge is 0.370 e. The van der Waals surface area contributed by atoms with Gasteiger partial charge in [0.15, 0.2) is 0 Å². The van der Waals surface area contributed by atoms with Crippen molar-refractivity contribution in [2.24, 2.45) is 0 Å². The van der Waals surface area contributed by atoms with Gasteiger partial charge in [0, 0.05) is 26.7 Å². The summed E-state index contributed by atoms with van der Waals surface area (Å²) >= 11 is 0. The highest BCUT2D eigenvalue weighted by molar-refractivity contribution is 5.92. The zero-order chi connectivity index (χ0) is 14.4. The predicted molar refractivity (Wildman–Crippen MR) is 82.2 cm³/mol. The maximum atomic E-state index is 12.2. The Hall–Kier alpha value is -1.58. The molecule has 1 amide bonds. The number of carbonyl (C=O) groups is 1. The van der Waals surface area contributed by atoms with E-state index in [1.165, 1.54) is 19.3 Å². The van der Waals surface area contributed by atoms with Crippen LogP contribution in [-0.2, 0) is 0 Å². The summed E-state index contributed by atoms with van der Waals surface area (Å²) in [7, 11) is 1.85. The molecule has 0 atom stereocenters. The zero-order valence-corrected chi connectivity index (χ0v) is 12.6. The van der Waals surface area contributed by atoms with Crippen molar-refractivity contribution in [2.75, 3.05) is 31.6 Å². The average molecular weight is 275 g/mol. The van der Waals surface area contributed by atoms with Gasteiger partial charge in [0.05, 0.1) is 11.9 Å². The number of pyridine rings is 1. The first-order valence-electron chi connectivity index (χ1n) is 7.69. The van der Waals surface area contributed by atoms with Crippen LogP contribution in [0.5, 0.6) is 0 Å². The summed E-state index contributed by atoms with van der Waals surface area (Å²) < 4.78 is 0. The Labute approximate surface area is 121 Å². The fourth-order valence-corrected chi connectivity index (χ4v) is 2.54. The molecule has 1 aliphatic heterocycles. The predicted octanol–water partition coefficient (Wildman–Crippen LogP) is 2.94. The van der Waals surface area contributed by atoms with Crippen LogP contribution in [0.4, 0.5) is 5.69 Å². The molecule has 0 bridgehead atoms. The molecule has 2 rings (SSSR count). The second kappa shape index (κ2) is 7.27. The molecule has 0 aromatic carbocycles. The molecule has 1 fully saturated rings. The SMILES string of the molecule is CCCCN(C)C(=O)c1ccc(N2CCCCC2)cn1. The van der Waals surface area contributed by atoms with Crippen LogP contribution < -0.4 is 4.90 Å². The molecule has 0 radical (unpaired) electrons. The van der Waals surface area contributed by atoms with Crippen molar-refractivity contribution in [3.05, 3.63) is 24.0 Å². The van der Waals surface area contributed by atoms with Gasteiger partial charge in [0.2, 0.25) is 0 Å². The lowest BCUT2D eigenvalue weighted by Gasteiger charge is -2.28. The van der Waals surface area contributed by atoms with Gasteiger partial charge in [-0.25, -0.2) is 4.98 Å². The van der Waals surface area contributed by atoms with E-state index in [0.717, 1.165) is 38.2 Å². The van der Waals surface area contributed by atoms with Crippen molar-refractivity contribution < 1.29 is 4.79 Å². The van der Waals surface area contributed by atoms with Gasteiger partial charge in [-0.3, -0.25) is 4.79 Å². The Kier molecular flexibility index (Phi) is 5.39. The fourth-order valence-electron chi connectivity index (χ4n) is 2.54. The van der Waals surface area contributed by atoms with Gasteiger partial charge in [0.1, 0.15) is 5.69 Å². The van der Waals surface area contributed by atoms with E-state index in [-0.39, 0.29) is 5.91 Å². The van der Waals surface area contributed by atoms with Crippen LogP contribution in [0.25, 0.3) is 0 Å². The molecule has 1 aliphatic rings. The van der Waals surface area contributed by atoms with E-state index in [1.807, 2.05) is 25.4 Å². The minimum absolute atomic E-state index is 0.0173. The molecule has 0 N–H and O–H groups in total. The highest BCUT2D eigenvalue weighted by atomic mass is 16.2. The summed E-state index contributed by atoms with van der Waals surface area (Å²) in [6, 6.07) is 3.88. The van der Waals surface area contributed by atoms with Crippen molar-refractivity contribution in [3.63, 3.8) is 0 Å². The number of anilines is 1. The van der Waals surface area contributed by atoms with Crippen molar-refractivity contribution in [1.82, 2.24) is 9.88 Å². The van der Waals surface area contributed by atoms with Crippen LogP contribution in [0, 0.1) is 0 Å². The maximum absolute atomic E-state index is 12.2. The van der Waals surface area contributed by atoms with E-state index < -0.39 is 0 Å². The topological polar surface area (TPSA) is 36.4 Å². The van der Waals surface area contributed by atoms with E-state index >= 15 is 0 Å². The van der Waals surface area contributed by atoms with E-state index in [0.29, 0.717) is 5.69 Å². The van der Waals surface area contributed by atoms with Gasteiger partial charge >= 0.3 is 0 Å². The first kappa shape index (κ1) is 14.8. The average Bonchev–Trinajstić information content (AvgIpc) is 2.53. The zero-order valence-electron chi connectivity index (χ0n) is 12.6. The van der Waals surface area contributed by atoms with Gasteiger partial charge in [-0.05, 0) is 37.8 Å². The number of nitrogens with zero attached hydrogens (tertiary/aromatic N) is 3. The lowest BCUT2D eigenvalue weighted by atomic mass is 10.1. The first-order valence-corrected chi connectivity index (χ1v) is 7.69. The van der Waals surface area contributed by atoms with Crippen LogP contribution in [0.2, 0.25) is 0 Å². The van der Waals surface area contributed by atoms with E-state index in [2.05, 4.69) is 16.8 Å². The van der Waals surface area contributed by atoms with Gasteiger partial charge in [0.25, 0.3) is 5.91 Å².